The van der Waals surface area contributed by atoms with Gasteiger partial charge < -0.3 is 9.13 Å². The maximum absolute atomic E-state index is 2.55. The second kappa shape index (κ2) is 9.94. The number of rotatable bonds is 4. The van der Waals surface area contributed by atoms with Gasteiger partial charge in [0.05, 0.1) is 27.7 Å². The average Bonchev–Trinajstić information content (AvgIpc) is 3.77. The molecular weight excluding hydrogens is 569 g/mol. The number of nitrogens with zero attached hydrogens (tertiary/aromatic N) is 2. The van der Waals surface area contributed by atoms with Crippen LogP contribution < -0.4 is 0 Å². The summed E-state index contributed by atoms with van der Waals surface area (Å²) in [4.78, 5) is 0. The molecule has 0 saturated carbocycles. The fraction of sp³-hybridized carbons (Fsp3) is 0.0222. The first kappa shape index (κ1) is 26.1. The molecule has 9 aromatic rings. The van der Waals surface area contributed by atoms with Crippen LogP contribution >= 0.6 is 0 Å². The lowest BCUT2D eigenvalue weighted by Gasteiger charge is -2.35. The van der Waals surface area contributed by atoms with Crippen molar-refractivity contribution < 1.29 is 0 Å². The van der Waals surface area contributed by atoms with Crippen molar-refractivity contribution in [3.63, 3.8) is 0 Å². The van der Waals surface area contributed by atoms with E-state index in [4.69, 9.17) is 0 Å². The quantitative estimate of drug-likeness (QED) is 0.191. The highest BCUT2D eigenvalue weighted by Gasteiger charge is 2.49. The highest BCUT2D eigenvalue weighted by molar-refractivity contribution is 6.11. The zero-order valence-corrected chi connectivity index (χ0v) is 25.7. The Labute approximate surface area is 273 Å². The summed E-state index contributed by atoms with van der Waals surface area (Å²) in [5, 5.41) is 3.77. The van der Waals surface area contributed by atoms with E-state index in [0.29, 0.717) is 0 Å². The molecule has 0 aliphatic heterocycles. The molecule has 0 atom stereocenters. The monoisotopic (exact) mass is 598 g/mol. The Kier molecular flexibility index (Phi) is 5.53. The predicted molar refractivity (Wildman–Crippen MR) is 195 cm³/mol. The first-order valence-electron chi connectivity index (χ1n) is 16.3. The first-order chi connectivity index (χ1) is 23.4. The first-order valence-corrected chi connectivity index (χ1v) is 16.3. The minimum atomic E-state index is -0.513. The summed E-state index contributed by atoms with van der Waals surface area (Å²) in [7, 11) is 0. The predicted octanol–water partition coefficient (Wildman–Crippen LogP) is 11.1. The van der Waals surface area contributed by atoms with Crippen molar-refractivity contribution in [3.05, 3.63) is 204 Å². The molecule has 2 aromatic heterocycles. The number of benzene rings is 7. The van der Waals surface area contributed by atoms with Crippen LogP contribution in [0.15, 0.2) is 182 Å². The number of fused-ring (bicyclic) bond motifs is 8. The summed E-state index contributed by atoms with van der Waals surface area (Å²) in [6.07, 6.45) is 0. The molecule has 2 heterocycles. The van der Waals surface area contributed by atoms with Gasteiger partial charge in [0, 0.05) is 33.1 Å². The Morgan fingerprint density at radius 1 is 0.362 bits per heavy atom. The van der Waals surface area contributed by atoms with Gasteiger partial charge in [-0.1, -0.05) is 140 Å². The molecule has 1 aliphatic carbocycles. The van der Waals surface area contributed by atoms with Gasteiger partial charge in [-0.2, -0.15) is 0 Å². The van der Waals surface area contributed by atoms with Crippen molar-refractivity contribution in [2.45, 2.75) is 5.41 Å². The van der Waals surface area contributed by atoms with Gasteiger partial charge in [0.15, 0.2) is 0 Å². The van der Waals surface area contributed by atoms with E-state index in [1.165, 1.54) is 71.9 Å². The van der Waals surface area contributed by atoms with E-state index in [1.807, 2.05) is 0 Å². The van der Waals surface area contributed by atoms with Crippen molar-refractivity contribution in [2.75, 3.05) is 0 Å². The lowest BCUT2D eigenvalue weighted by Crippen LogP contribution is -2.31. The van der Waals surface area contributed by atoms with E-state index in [9.17, 15) is 0 Å². The number of aromatic nitrogens is 2. The fourth-order valence-corrected chi connectivity index (χ4v) is 8.37. The number of hydrogen-bond donors (Lipinski definition) is 0. The third kappa shape index (κ3) is 3.50. The van der Waals surface area contributed by atoms with Crippen molar-refractivity contribution in [2.24, 2.45) is 0 Å². The van der Waals surface area contributed by atoms with Crippen LogP contribution in [-0.2, 0) is 5.41 Å². The zero-order valence-electron chi connectivity index (χ0n) is 25.7. The molecule has 0 unspecified atom stereocenters. The summed E-state index contributed by atoms with van der Waals surface area (Å²) in [6.45, 7) is 0. The van der Waals surface area contributed by atoms with Gasteiger partial charge in [-0.25, -0.2) is 0 Å². The Balaban J connectivity index is 1.37. The van der Waals surface area contributed by atoms with E-state index in [2.05, 4.69) is 191 Å². The lowest BCUT2D eigenvalue weighted by molar-refractivity contribution is 0.719. The second-order valence-corrected chi connectivity index (χ2v) is 12.5. The van der Waals surface area contributed by atoms with Crippen LogP contribution in [0.1, 0.15) is 22.4 Å². The van der Waals surface area contributed by atoms with Crippen LogP contribution in [0, 0.1) is 0 Å². The van der Waals surface area contributed by atoms with Crippen LogP contribution in [0.3, 0.4) is 0 Å². The zero-order chi connectivity index (χ0) is 31.0. The van der Waals surface area contributed by atoms with Gasteiger partial charge in [0.1, 0.15) is 0 Å². The van der Waals surface area contributed by atoms with Crippen LogP contribution in [0.2, 0.25) is 0 Å². The van der Waals surface area contributed by atoms with Gasteiger partial charge in [0.25, 0.3) is 0 Å². The fourth-order valence-electron chi connectivity index (χ4n) is 8.37. The van der Waals surface area contributed by atoms with Gasteiger partial charge in [-0.3, -0.25) is 0 Å². The van der Waals surface area contributed by atoms with Crippen LogP contribution in [-0.4, -0.2) is 9.13 Å². The summed E-state index contributed by atoms with van der Waals surface area (Å²) in [5.41, 5.74) is 13.2. The summed E-state index contributed by atoms with van der Waals surface area (Å²) >= 11 is 0. The Morgan fingerprint density at radius 2 is 0.894 bits per heavy atom. The van der Waals surface area contributed by atoms with Crippen LogP contribution in [0.5, 0.6) is 0 Å². The molecule has 47 heavy (non-hydrogen) atoms. The topological polar surface area (TPSA) is 9.86 Å². The molecule has 0 radical (unpaired) electrons. The molecule has 7 aromatic carbocycles. The summed E-state index contributed by atoms with van der Waals surface area (Å²) in [5.74, 6) is 0. The second-order valence-electron chi connectivity index (χ2n) is 12.5. The molecule has 0 fully saturated rings. The smallest absolute Gasteiger partial charge is 0.0870 e. The average molecular weight is 599 g/mol. The molecule has 0 N–H and O–H groups in total. The van der Waals surface area contributed by atoms with E-state index in [1.54, 1.807) is 0 Å². The van der Waals surface area contributed by atoms with Crippen LogP contribution in [0.4, 0.5) is 0 Å². The number of hydrogen-bond acceptors (Lipinski definition) is 0. The Morgan fingerprint density at radius 3 is 1.60 bits per heavy atom. The molecule has 10 rings (SSSR count). The van der Waals surface area contributed by atoms with Gasteiger partial charge >= 0.3 is 0 Å². The minimum Gasteiger partial charge on any atom is -0.311 e. The molecule has 2 heteroatoms. The molecule has 0 amide bonds. The van der Waals surface area contributed by atoms with E-state index in [0.717, 1.165) is 5.69 Å². The molecule has 0 spiro atoms. The van der Waals surface area contributed by atoms with Gasteiger partial charge in [-0.05, 0) is 64.7 Å². The molecule has 220 valence electrons. The van der Waals surface area contributed by atoms with Crippen LogP contribution in [0.25, 0.3) is 55.2 Å². The minimum absolute atomic E-state index is 0.513. The molecular formula is C45H30N2. The largest absolute Gasteiger partial charge is 0.311 e. The maximum atomic E-state index is 2.55. The normalized spacial score (nSPS) is 13.3. The third-order valence-electron chi connectivity index (χ3n) is 10.2. The highest BCUT2D eigenvalue weighted by atomic mass is 15.0. The van der Waals surface area contributed by atoms with Gasteiger partial charge in [0.2, 0.25) is 0 Å². The molecule has 0 saturated heterocycles. The van der Waals surface area contributed by atoms with E-state index >= 15 is 0 Å². The Hall–Kier alpha value is -6.12. The number of para-hydroxylation sites is 3. The third-order valence-corrected chi connectivity index (χ3v) is 10.2. The van der Waals surface area contributed by atoms with Crippen molar-refractivity contribution >= 4 is 32.7 Å². The summed E-state index contributed by atoms with van der Waals surface area (Å²) in [6, 6.07) is 66.7. The molecule has 1 aliphatic rings. The Bertz CT molecular complexity index is 2570. The standard InChI is InChI=1S/C45H30N2/c1-4-16-31(17-5-1)45(32-18-6-2-7-19-32)39-25-13-10-23-36(39)43-37-24-12-15-27-41(37)47(44(43)45)34-28-29-42-38(30-34)35-22-11-14-26-40(35)46(42)33-20-8-3-9-21-33/h1-30H. The van der Waals surface area contributed by atoms with Gasteiger partial charge in [-0.15, -0.1) is 0 Å². The maximum Gasteiger partial charge on any atom is 0.0870 e. The molecule has 2 nitrogen and oxygen atoms in total. The van der Waals surface area contributed by atoms with Crippen molar-refractivity contribution in [3.8, 4) is 22.5 Å². The van der Waals surface area contributed by atoms with Crippen molar-refractivity contribution in [1.29, 1.82) is 0 Å². The lowest BCUT2D eigenvalue weighted by atomic mass is 9.69. The summed E-state index contributed by atoms with van der Waals surface area (Å²) < 4.78 is 4.94. The van der Waals surface area contributed by atoms with E-state index in [-0.39, 0.29) is 0 Å². The van der Waals surface area contributed by atoms with E-state index < -0.39 is 5.41 Å². The molecule has 0 bridgehead atoms. The highest BCUT2D eigenvalue weighted by Crippen LogP contribution is 2.59. The van der Waals surface area contributed by atoms with Crippen molar-refractivity contribution in [1.82, 2.24) is 9.13 Å². The SMILES string of the molecule is c1ccc(-n2c3ccccc3c3cc(-n4c5c(c6ccccc64)-c4ccccc4C5(c4ccccc4)c4ccccc4)ccc32)cc1.